The predicted octanol–water partition coefficient (Wildman–Crippen LogP) is 0.211. The summed E-state index contributed by atoms with van der Waals surface area (Å²) >= 11 is 0. The summed E-state index contributed by atoms with van der Waals surface area (Å²) < 4.78 is 0.885. The van der Waals surface area contributed by atoms with Crippen molar-refractivity contribution >= 4 is 0 Å². The molecule has 0 spiro atoms. The number of nitrogens with zero attached hydrogens (tertiary/aromatic N) is 1. The van der Waals surface area contributed by atoms with Crippen molar-refractivity contribution in [3.63, 3.8) is 0 Å². The zero-order chi connectivity index (χ0) is 8.10. The quantitative estimate of drug-likeness (QED) is 0.497. The van der Waals surface area contributed by atoms with Crippen LogP contribution >= 0.6 is 0 Å². The van der Waals surface area contributed by atoms with Crippen LogP contribution in [-0.4, -0.2) is 6.54 Å². The Morgan fingerprint density at radius 1 is 1.45 bits per heavy atom. The van der Waals surface area contributed by atoms with Crippen LogP contribution in [0.5, 0.6) is 0 Å². The molecule has 0 fully saturated rings. The van der Waals surface area contributed by atoms with Crippen molar-refractivity contribution in [2.24, 2.45) is 5.73 Å². The van der Waals surface area contributed by atoms with Crippen LogP contribution in [-0.2, 0) is 6.42 Å². The number of hydrogen-bond donors (Lipinski definition) is 1. The lowest BCUT2D eigenvalue weighted by Gasteiger charge is -2.01. The molecule has 0 radical (unpaired) electrons. The van der Waals surface area contributed by atoms with E-state index in [1.54, 1.807) is 6.07 Å². The van der Waals surface area contributed by atoms with Crippen LogP contribution in [0.25, 0.3) is 0 Å². The van der Waals surface area contributed by atoms with E-state index >= 15 is 0 Å². The lowest BCUT2D eigenvalue weighted by atomic mass is 10.2. The van der Waals surface area contributed by atoms with E-state index in [2.05, 4.69) is 0 Å². The maximum absolute atomic E-state index is 11.0. The molecule has 0 atom stereocenters. The minimum absolute atomic E-state index is 0.634. The van der Waals surface area contributed by atoms with E-state index in [-0.39, 0.29) is 0 Å². The van der Waals surface area contributed by atoms with Gasteiger partial charge in [0.1, 0.15) is 0 Å². The second-order valence-electron chi connectivity index (χ2n) is 2.41. The van der Waals surface area contributed by atoms with Gasteiger partial charge in [-0.15, -0.1) is 0 Å². The Balaban J connectivity index is 2.62. The lowest BCUT2D eigenvalue weighted by Crippen LogP contribution is -2.31. The zero-order valence-electron chi connectivity index (χ0n) is 6.36. The number of nitrogens with two attached hydrogens (primary N) is 1. The van der Waals surface area contributed by atoms with Gasteiger partial charge < -0.3 is 10.9 Å². The van der Waals surface area contributed by atoms with Crippen molar-refractivity contribution < 1.29 is 4.73 Å². The van der Waals surface area contributed by atoms with E-state index in [0.717, 1.165) is 23.3 Å². The fourth-order valence-corrected chi connectivity index (χ4v) is 0.940. The molecule has 0 saturated heterocycles. The molecule has 2 N–H and O–H groups in total. The molecule has 60 valence electrons. The van der Waals surface area contributed by atoms with Gasteiger partial charge in [-0.2, -0.15) is 4.73 Å². The van der Waals surface area contributed by atoms with Gasteiger partial charge in [0.2, 0.25) is 0 Å². The molecule has 0 saturated carbocycles. The molecule has 11 heavy (non-hydrogen) atoms. The summed E-state index contributed by atoms with van der Waals surface area (Å²) in [4.78, 5) is 0. The van der Waals surface area contributed by atoms with Crippen molar-refractivity contribution in [1.82, 2.24) is 0 Å². The Bertz CT molecular complexity index is 225. The number of aromatic nitrogens is 1. The maximum atomic E-state index is 11.0. The summed E-state index contributed by atoms with van der Waals surface area (Å²) in [6, 6.07) is 5.40. The Labute approximate surface area is 66.0 Å². The van der Waals surface area contributed by atoms with Gasteiger partial charge in [-0.3, -0.25) is 0 Å². The van der Waals surface area contributed by atoms with E-state index < -0.39 is 0 Å². The predicted molar refractivity (Wildman–Crippen MR) is 42.8 cm³/mol. The molecule has 0 aromatic carbocycles. The summed E-state index contributed by atoms with van der Waals surface area (Å²) in [6.45, 7) is 0.634. The Morgan fingerprint density at radius 3 is 2.91 bits per heavy atom. The minimum atomic E-state index is 0.634. The monoisotopic (exact) mass is 152 g/mol. The smallest absolute Gasteiger partial charge is 0.192 e. The molecule has 0 aliphatic rings. The van der Waals surface area contributed by atoms with Crippen LogP contribution in [0.15, 0.2) is 24.4 Å². The van der Waals surface area contributed by atoms with Crippen molar-refractivity contribution in [2.75, 3.05) is 6.54 Å². The molecule has 1 aromatic heterocycles. The zero-order valence-corrected chi connectivity index (χ0v) is 6.36. The highest BCUT2D eigenvalue weighted by molar-refractivity contribution is 4.97. The molecular formula is C8H12N2O. The first kappa shape index (κ1) is 8.01. The molecule has 3 heteroatoms. The van der Waals surface area contributed by atoms with Gasteiger partial charge >= 0.3 is 0 Å². The van der Waals surface area contributed by atoms with Crippen LogP contribution in [0, 0.1) is 5.21 Å². The van der Waals surface area contributed by atoms with Crippen LogP contribution in [0.1, 0.15) is 12.1 Å². The highest BCUT2D eigenvalue weighted by Gasteiger charge is 2.00. The molecule has 1 rings (SSSR count). The first-order chi connectivity index (χ1) is 5.34. The summed E-state index contributed by atoms with van der Waals surface area (Å²) in [7, 11) is 0. The summed E-state index contributed by atoms with van der Waals surface area (Å²) in [6.07, 6.45) is 3.14. The Kier molecular flexibility index (Phi) is 2.86. The van der Waals surface area contributed by atoms with Crippen molar-refractivity contribution in [3.8, 4) is 0 Å². The van der Waals surface area contributed by atoms with Gasteiger partial charge in [-0.1, -0.05) is 6.07 Å². The molecule has 0 bridgehead atoms. The third-order valence-electron chi connectivity index (χ3n) is 1.54. The number of pyridine rings is 1. The number of aryl methyl sites for hydroxylation is 1. The van der Waals surface area contributed by atoms with Gasteiger partial charge in [0, 0.05) is 18.6 Å². The van der Waals surface area contributed by atoms with Gasteiger partial charge in [-0.25, -0.2) is 0 Å². The molecule has 0 aliphatic carbocycles. The maximum Gasteiger partial charge on any atom is 0.192 e. The second-order valence-corrected chi connectivity index (χ2v) is 2.41. The van der Waals surface area contributed by atoms with E-state index in [1.807, 2.05) is 12.1 Å². The third kappa shape index (κ3) is 2.20. The van der Waals surface area contributed by atoms with Crippen molar-refractivity contribution in [2.45, 2.75) is 12.8 Å². The van der Waals surface area contributed by atoms with Crippen LogP contribution in [0.4, 0.5) is 0 Å². The number of rotatable bonds is 3. The van der Waals surface area contributed by atoms with E-state index in [0.29, 0.717) is 6.54 Å². The van der Waals surface area contributed by atoms with Crippen LogP contribution in [0.3, 0.4) is 0 Å². The normalized spacial score (nSPS) is 9.91. The van der Waals surface area contributed by atoms with Gasteiger partial charge in [0.15, 0.2) is 11.9 Å². The highest BCUT2D eigenvalue weighted by Crippen LogP contribution is 1.94. The SMILES string of the molecule is NCCCc1cccc[n+]1[O-]. The van der Waals surface area contributed by atoms with E-state index in [4.69, 9.17) is 5.73 Å². The van der Waals surface area contributed by atoms with E-state index in [9.17, 15) is 5.21 Å². The highest BCUT2D eigenvalue weighted by atomic mass is 16.5. The Hall–Kier alpha value is -1.09. The van der Waals surface area contributed by atoms with Gasteiger partial charge in [0.05, 0.1) is 0 Å². The van der Waals surface area contributed by atoms with Crippen molar-refractivity contribution in [1.29, 1.82) is 0 Å². The molecule has 1 aromatic rings. The standard InChI is InChI=1S/C8H12N2O/c9-6-3-5-8-4-1-2-7-10(8)11/h1-2,4,7H,3,5-6,9H2. The third-order valence-corrected chi connectivity index (χ3v) is 1.54. The lowest BCUT2D eigenvalue weighted by molar-refractivity contribution is -0.614. The summed E-state index contributed by atoms with van der Waals surface area (Å²) in [5.41, 5.74) is 6.10. The molecule has 1 heterocycles. The first-order valence-electron chi connectivity index (χ1n) is 3.71. The Morgan fingerprint density at radius 2 is 2.27 bits per heavy atom. The van der Waals surface area contributed by atoms with Gasteiger partial charge in [0.25, 0.3) is 0 Å². The average molecular weight is 152 g/mol. The van der Waals surface area contributed by atoms with Crippen LogP contribution in [0.2, 0.25) is 0 Å². The average Bonchev–Trinajstić information content (AvgIpc) is 2.03. The largest absolute Gasteiger partial charge is 0.619 e. The minimum Gasteiger partial charge on any atom is -0.619 e. The molecule has 0 aliphatic heterocycles. The molecule has 0 amide bonds. The summed E-state index contributed by atoms with van der Waals surface area (Å²) in [5, 5.41) is 11.0. The van der Waals surface area contributed by atoms with Crippen molar-refractivity contribution in [3.05, 3.63) is 35.3 Å². The van der Waals surface area contributed by atoms with E-state index in [1.165, 1.54) is 6.20 Å². The fraction of sp³-hybridized carbons (Fsp3) is 0.375. The first-order valence-corrected chi connectivity index (χ1v) is 3.71. The molecule has 3 nitrogen and oxygen atoms in total. The van der Waals surface area contributed by atoms with Crippen LogP contribution < -0.4 is 10.5 Å². The topological polar surface area (TPSA) is 53.0 Å². The summed E-state index contributed by atoms with van der Waals surface area (Å²) in [5.74, 6) is 0. The molecular weight excluding hydrogens is 140 g/mol. The number of hydrogen-bond acceptors (Lipinski definition) is 2. The second kappa shape index (κ2) is 3.93. The van der Waals surface area contributed by atoms with Gasteiger partial charge in [-0.05, 0) is 13.0 Å². The fourth-order valence-electron chi connectivity index (χ4n) is 0.940. The molecule has 0 unspecified atom stereocenters.